The number of fused-ring (bicyclic) bond motifs is 1. The molecule has 0 radical (unpaired) electrons. The summed E-state index contributed by atoms with van der Waals surface area (Å²) in [4.78, 5) is 14.0. The van der Waals surface area contributed by atoms with Gasteiger partial charge in [0, 0.05) is 50.3 Å². The summed E-state index contributed by atoms with van der Waals surface area (Å²) in [6, 6.07) is 12.4. The molecule has 0 unspecified atom stereocenters. The van der Waals surface area contributed by atoms with Gasteiger partial charge in [-0.3, -0.25) is 4.90 Å². The summed E-state index contributed by atoms with van der Waals surface area (Å²) in [5.74, 6) is 0.692. The van der Waals surface area contributed by atoms with Crippen molar-refractivity contribution in [3.63, 3.8) is 0 Å². The second kappa shape index (κ2) is 8.90. The zero-order valence-electron chi connectivity index (χ0n) is 16.3. The largest absolute Gasteiger partial charge is 0.368 e. The monoisotopic (exact) mass is 414 g/mol. The first-order chi connectivity index (χ1) is 14.1. The normalized spacial score (nSPS) is 15.6. The molecule has 1 aromatic heterocycles. The van der Waals surface area contributed by atoms with Crippen molar-refractivity contribution in [2.75, 3.05) is 56.9 Å². The molecule has 1 aliphatic heterocycles. The van der Waals surface area contributed by atoms with Crippen molar-refractivity contribution in [2.24, 2.45) is 0 Å². The van der Waals surface area contributed by atoms with E-state index in [0.717, 1.165) is 56.0 Å². The summed E-state index contributed by atoms with van der Waals surface area (Å²) in [6.07, 6.45) is 0. The van der Waals surface area contributed by atoms with E-state index in [1.54, 1.807) is 6.07 Å². The van der Waals surface area contributed by atoms with E-state index < -0.39 is 5.82 Å². The van der Waals surface area contributed by atoms with Gasteiger partial charge in [-0.25, -0.2) is 9.37 Å². The number of nitrogens with zero attached hydrogens (tertiary/aromatic N) is 4. The lowest BCUT2D eigenvalue weighted by atomic mass is 10.2. The Kier molecular flexibility index (Phi) is 6.08. The molecule has 2 heterocycles. The van der Waals surface area contributed by atoms with Crippen LogP contribution in [0.15, 0.2) is 42.5 Å². The van der Waals surface area contributed by atoms with E-state index in [-0.39, 0.29) is 5.02 Å². The Bertz CT molecular complexity index is 990. The van der Waals surface area contributed by atoms with Gasteiger partial charge in [0.2, 0.25) is 5.95 Å². The molecule has 29 heavy (non-hydrogen) atoms. The highest BCUT2D eigenvalue weighted by Gasteiger charge is 2.14. The van der Waals surface area contributed by atoms with Gasteiger partial charge in [-0.2, -0.15) is 4.98 Å². The van der Waals surface area contributed by atoms with Crippen LogP contribution in [0, 0.1) is 5.82 Å². The molecule has 1 aliphatic rings. The molecule has 4 rings (SSSR count). The summed E-state index contributed by atoms with van der Waals surface area (Å²) in [7, 11) is 2.16. The van der Waals surface area contributed by atoms with Crippen LogP contribution in [0.4, 0.5) is 21.8 Å². The molecule has 0 spiro atoms. The quantitative estimate of drug-likeness (QED) is 0.639. The molecule has 2 aromatic carbocycles. The summed E-state index contributed by atoms with van der Waals surface area (Å²) in [5, 5.41) is 7.57. The Morgan fingerprint density at radius 1 is 1.07 bits per heavy atom. The number of nitrogens with one attached hydrogen (secondary N) is 2. The van der Waals surface area contributed by atoms with Gasteiger partial charge in [0.25, 0.3) is 0 Å². The molecule has 2 N–H and O–H groups in total. The lowest BCUT2D eigenvalue weighted by Gasteiger charge is -2.32. The summed E-state index contributed by atoms with van der Waals surface area (Å²) < 4.78 is 13.7. The van der Waals surface area contributed by atoms with Crippen LogP contribution < -0.4 is 10.6 Å². The number of para-hydroxylation sites is 1. The molecular formula is C21H24ClFN6. The number of halogens is 2. The number of likely N-dealkylation sites (N-methyl/N-ethyl adjacent to an activating group) is 1. The zero-order chi connectivity index (χ0) is 20.2. The van der Waals surface area contributed by atoms with Crippen LogP contribution in [0.2, 0.25) is 5.02 Å². The third-order valence-electron chi connectivity index (χ3n) is 5.10. The third kappa shape index (κ3) is 4.93. The van der Waals surface area contributed by atoms with Crippen LogP contribution >= 0.6 is 11.6 Å². The number of benzene rings is 2. The van der Waals surface area contributed by atoms with Crippen LogP contribution in [-0.4, -0.2) is 66.1 Å². The van der Waals surface area contributed by atoms with Crippen molar-refractivity contribution in [3.05, 3.63) is 53.3 Å². The first-order valence-corrected chi connectivity index (χ1v) is 10.1. The molecular weight excluding hydrogens is 391 g/mol. The van der Waals surface area contributed by atoms with Gasteiger partial charge < -0.3 is 15.5 Å². The number of hydrogen-bond donors (Lipinski definition) is 2. The number of piperazine rings is 1. The van der Waals surface area contributed by atoms with Crippen LogP contribution in [0.3, 0.4) is 0 Å². The van der Waals surface area contributed by atoms with E-state index in [1.165, 1.54) is 12.1 Å². The van der Waals surface area contributed by atoms with Crippen molar-refractivity contribution in [1.29, 1.82) is 0 Å². The maximum Gasteiger partial charge on any atom is 0.229 e. The van der Waals surface area contributed by atoms with Gasteiger partial charge >= 0.3 is 0 Å². The van der Waals surface area contributed by atoms with E-state index in [9.17, 15) is 4.39 Å². The summed E-state index contributed by atoms with van der Waals surface area (Å²) in [5.41, 5.74) is 1.37. The number of anilines is 3. The Morgan fingerprint density at radius 2 is 1.86 bits per heavy atom. The maximum atomic E-state index is 13.7. The van der Waals surface area contributed by atoms with E-state index in [2.05, 4.69) is 37.4 Å². The Labute approximate surface area is 174 Å². The molecule has 3 aromatic rings. The standard InChI is InChI=1S/C21H24ClFN6/c1-28-10-12-29(13-11-28)9-8-24-20-16-4-2-3-5-19(16)26-21(27-20)25-15-6-7-17(22)18(23)14-15/h2-7,14H,8-13H2,1H3,(H2,24,25,26,27). The van der Waals surface area contributed by atoms with Crippen molar-refractivity contribution >= 4 is 40.0 Å². The van der Waals surface area contributed by atoms with Crippen LogP contribution in [-0.2, 0) is 0 Å². The van der Waals surface area contributed by atoms with Crippen LogP contribution in [0.25, 0.3) is 10.9 Å². The van der Waals surface area contributed by atoms with E-state index in [4.69, 9.17) is 11.6 Å². The molecule has 0 aliphatic carbocycles. The van der Waals surface area contributed by atoms with Gasteiger partial charge in [-0.05, 0) is 37.4 Å². The molecule has 6 nitrogen and oxygen atoms in total. The first kappa shape index (κ1) is 19.8. The van der Waals surface area contributed by atoms with Gasteiger partial charge in [-0.1, -0.05) is 23.7 Å². The minimum atomic E-state index is -0.483. The highest BCUT2D eigenvalue weighted by molar-refractivity contribution is 6.30. The molecule has 0 bridgehead atoms. The van der Waals surface area contributed by atoms with Crippen molar-refractivity contribution in [1.82, 2.24) is 19.8 Å². The smallest absolute Gasteiger partial charge is 0.229 e. The second-order valence-corrected chi connectivity index (χ2v) is 7.65. The highest BCUT2D eigenvalue weighted by Crippen LogP contribution is 2.25. The molecule has 0 amide bonds. The number of hydrogen-bond acceptors (Lipinski definition) is 6. The van der Waals surface area contributed by atoms with E-state index >= 15 is 0 Å². The predicted molar refractivity (Wildman–Crippen MR) is 117 cm³/mol. The molecule has 8 heteroatoms. The molecule has 1 saturated heterocycles. The zero-order valence-corrected chi connectivity index (χ0v) is 17.1. The van der Waals surface area contributed by atoms with E-state index in [1.807, 2.05) is 24.3 Å². The fraction of sp³-hybridized carbons (Fsp3) is 0.333. The molecule has 0 atom stereocenters. The fourth-order valence-corrected chi connectivity index (χ4v) is 3.49. The minimum absolute atomic E-state index is 0.0845. The predicted octanol–water partition coefficient (Wildman–Crippen LogP) is 3.83. The Morgan fingerprint density at radius 3 is 2.66 bits per heavy atom. The maximum absolute atomic E-state index is 13.7. The Balaban J connectivity index is 1.50. The lowest BCUT2D eigenvalue weighted by Crippen LogP contribution is -2.45. The molecule has 152 valence electrons. The third-order valence-corrected chi connectivity index (χ3v) is 5.40. The topological polar surface area (TPSA) is 56.3 Å². The average Bonchev–Trinajstić information content (AvgIpc) is 2.72. The van der Waals surface area contributed by atoms with Crippen molar-refractivity contribution in [2.45, 2.75) is 0 Å². The van der Waals surface area contributed by atoms with Crippen molar-refractivity contribution in [3.8, 4) is 0 Å². The number of rotatable bonds is 6. The van der Waals surface area contributed by atoms with Crippen molar-refractivity contribution < 1.29 is 4.39 Å². The first-order valence-electron chi connectivity index (χ1n) is 9.72. The molecule has 0 saturated carbocycles. The number of aromatic nitrogens is 2. The van der Waals surface area contributed by atoms with Crippen LogP contribution in [0.5, 0.6) is 0 Å². The van der Waals surface area contributed by atoms with Gasteiger partial charge in [0.05, 0.1) is 10.5 Å². The van der Waals surface area contributed by atoms with Crippen LogP contribution in [0.1, 0.15) is 0 Å². The highest BCUT2D eigenvalue weighted by atomic mass is 35.5. The van der Waals surface area contributed by atoms with E-state index in [0.29, 0.717) is 11.6 Å². The second-order valence-electron chi connectivity index (χ2n) is 7.24. The molecule has 1 fully saturated rings. The van der Waals surface area contributed by atoms with Gasteiger partial charge in [0.15, 0.2) is 0 Å². The minimum Gasteiger partial charge on any atom is -0.368 e. The average molecular weight is 415 g/mol. The lowest BCUT2D eigenvalue weighted by molar-refractivity contribution is 0.158. The Hall–Kier alpha value is -2.48. The summed E-state index contributed by atoms with van der Waals surface area (Å²) in [6.45, 7) is 6.11. The SMILES string of the molecule is CN1CCN(CCNc2nc(Nc3ccc(Cl)c(F)c3)nc3ccccc23)CC1. The summed E-state index contributed by atoms with van der Waals surface area (Å²) >= 11 is 5.77. The van der Waals surface area contributed by atoms with Gasteiger partial charge in [-0.15, -0.1) is 0 Å². The van der Waals surface area contributed by atoms with Gasteiger partial charge in [0.1, 0.15) is 11.6 Å². The fourth-order valence-electron chi connectivity index (χ4n) is 3.37.